The molecule has 0 fully saturated rings. The highest BCUT2D eigenvalue weighted by Gasteiger charge is 2.01. The van der Waals surface area contributed by atoms with E-state index < -0.39 is 0 Å². The number of nitrogen functional groups attached to an aromatic ring is 1. The molecule has 5 nitrogen and oxygen atoms in total. The predicted molar refractivity (Wildman–Crippen MR) is 57.2 cm³/mol. The Labute approximate surface area is 88.1 Å². The van der Waals surface area contributed by atoms with Crippen LogP contribution in [0.3, 0.4) is 0 Å². The number of rotatable bonds is 4. The van der Waals surface area contributed by atoms with Crippen LogP contribution in [-0.4, -0.2) is 21.5 Å². The minimum atomic E-state index is 0.115. The molecule has 1 heterocycles. The van der Waals surface area contributed by atoms with Crippen LogP contribution < -0.4 is 11.1 Å². The molecule has 0 amide bonds. The Balaban J connectivity index is 2.50. The summed E-state index contributed by atoms with van der Waals surface area (Å²) in [6.07, 6.45) is 1.04. The molecule has 0 aromatic carbocycles. The summed E-state index contributed by atoms with van der Waals surface area (Å²) in [5.41, 5.74) is 5.40. The van der Waals surface area contributed by atoms with Gasteiger partial charge in [0.25, 0.3) is 0 Å². The first-order valence-electron chi connectivity index (χ1n) is 4.49. The quantitative estimate of drug-likeness (QED) is 0.797. The second-order valence-corrected chi connectivity index (χ2v) is 3.73. The minimum absolute atomic E-state index is 0.115. The summed E-state index contributed by atoms with van der Waals surface area (Å²) < 4.78 is 0. The first-order chi connectivity index (χ1) is 6.58. The first-order valence-corrected chi connectivity index (χ1v) is 4.86. The van der Waals surface area contributed by atoms with Crippen molar-refractivity contribution >= 4 is 23.5 Å². The zero-order valence-electron chi connectivity index (χ0n) is 8.29. The maximum atomic E-state index is 5.61. The zero-order valence-corrected chi connectivity index (χ0v) is 9.04. The lowest BCUT2D eigenvalue weighted by atomic mass is 10.1. The van der Waals surface area contributed by atoms with Gasteiger partial charge in [-0.1, -0.05) is 13.8 Å². The van der Waals surface area contributed by atoms with Crippen LogP contribution in [0, 0.1) is 5.92 Å². The average molecular weight is 216 g/mol. The number of nitrogens with zero attached hydrogens (tertiary/aromatic N) is 3. The third-order valence-electron chi connectivity index (χ3n) is 1.63. The largest absolute Gasteiger partial charge is 0.368 e. The van der Waals surface area contributed by atoms with Crippen molar-refractivity contribution in [3.63, 3.8) is 0 Å². The fourth-order valence-electron chi connectivity index (χ4n) is 0.917. The summed E-state index contributed by atoms with van der Waals surface area (Å²) in [4.78, 5) is 11.4. The van der Waals surface area contributed by atoms with E-state index >= 15 is 0 Å². The maximum absolute atomic E-state index is 5.61. The van der Waals surface area contributed by atoms with E-state index in [2.05, 4.69) is 34.1 Å². The third kappa shape index (κ3) is 3.74. The molecule has 0 aliphatic heterocycles. The molecule has 0 atom stereocenters. The van der Waals surface area contributed by atoms with E-state index in [-0.39, 0.29) is 11.2 Å². The summed E-state index contributed by atoms with van der Waals surface area (Å²) in [7, 11) is 0. The molecule has 1 aromatic heterocycles. The van der Waals surface area contributed by atoms with Crippen molar-refractivity contribution in [3.05, 3.63) is 5.28 Å². The fourth-order valence-corrected chi connectivity index (χ4v) is 1.08. The number of hydrogen-bond acceptors (Lipinski definition) is 5. The molecule has 3 N–H and O–H groups in total. The van der Waals surface area contributed by atoms with Crippen LogP contribution in [0.1, 0.15) is 20.3 Å². The molecule has 0 saturated carbocycles. The van der Waals surface area contributed by atoms with Crippen LogP contribution in [0.4, 0.5) is 11.9 Å². The molecule has 0 saturated heterocycles. The van der Waals surface area contributed by atoms with E-state index in [1.165, 1.54) is 0 Å². The van der Waals surface area contributed by atoms with Gasteiger partial charge < -0.3 is 11.1 Å². The van der Waals surface area contributed by atoms with E-state index in [1.807, 2.05) is 0 Å². The monoisotopic (exact) mass is 215 g/mol. The van der Waals surface area contributed by atoms with Crippen molar-refractivity contribution in [2.24, 2.45) is 5.92 Å². The highest BCUT2D eigenvalue weighted by Crippen LogP contribution is 2.07. The smallest absolute Gasteiger partial charge is 0.228 e. The molecule has 78 valence electrons. The van der Waals surface area contributed by atoms with Crippen molar-refractivity contribution in [1.82, 2.24) is 15.0 Å². The Morgan fingerprint density at radius 1 is 1.36 bits per heavy atom. The van der Waals surface area contributed by atoms with Gasteiger partial charge in [-0.05, 0) is 23.9 Å². The lowest BCUT2D eigenvalue weighted by Gasteiger charge is -2.06. The Hall–Kier alpha value is -1.10. The van der Waals surface area contributed by atoms with E-state index in [4.69, 9.17) is 17.3 Å². The minimum Gasteiger partial charge on any atom is -0.368 e. The molecule has 0 aliphatic rings. The van der Waals surface area contributed by atoms with E-state index in [0.717, 1.165) is 13.0 Å². The van der Waals surface area contributed by atoms with Gasteiger partial charge in [-0.2, -0.15) is 15.0 Å². The fraction of sp³-hybridized carbons (Fsp3) is 0.625. The predicted octanol–water partition coefficient (Wildman–Crippen LogP) is 1.57. The molecule has 14 heavy (non-hydrogen) atoms. The van der Waals surface area contributed by atoms with Crippen LogP contribution in [0.5, 0.6) is 0 Å². The first kappa shape index (κ1) is 11.0. The molecule has 0 aliphatic carbocycles. The summed E-state index contributed by atoms with van der Waals surface area (Å²) in [5, 5.41) is 3.15. The lowest BCUT2D eigenvalue weighted by Crippen LogP contribution is -2.09. The van der Waals surface area contributed by atoms with Gasteiger partial charge in [0, 0.05) is 6.54 Å². The third-order valence-corrected chi connectivity index (χ3v) is 1.80. The number of anilines is 2. The van der Waals surface area contributed by atoms with Crippen molar-refractivity contribution in [2.75, 3.05) is 17.6 Å². The highest BCUT2D eigenvalue weighted by atomic mass is 35.5. The topological polar surface area (TPSA) is 76.7 Å². The van der Waals surface area contributed by atoms with Gasteiger partial charge >= 0.3 is 0 Å². The summed E-state index contributed by atoms with van der Waals surface area (Å²) >= 11 is 5.61. The summed E-state index contributed by atoms with van der Waals surface area (Å²) in [6, 6.07) is 0. The number of aromatic nitrogens is 3. The van der Waals surface area contributed by atoms with Crippen molar-refractivity contribution in [3.8, 4) is 0 Å². The van der Waals surface area contributed by atoms with Gasteiger partial charge in [-0.25, -0.2) is 0 Å². The molecule has 0 radical (unpaired) electrons. The van der Waals surface area contributed by atoms with Crippen molar-refractivity contribution in [1.29, 1.82) is 0 Å². The maximum Gasteiger partial charge on any atom is 0.228 e. The Bertz CT molecular complexity index is 282. The number of halogens is 1. The lowest BCUT2D eigenvalue weighted by molar-refractivity contribution is 0.606. The van der Waals surface area contributed by atoms with Gasteiger partial charge in [0.05, 0.1) is 0 Å². The van der Waals surface area contributed by atoms with Crippen LogP contribution in [0.15, 0.2) is 0 Å². The van der Waals surface area contributed by atoms with Gasteiger partial charge in [0.15, 0.2) is 0 Å². The van der Waals surface area contributed by atoms with E-state index in [9.17, 15) is 0 Å². The number of nitrogens with one attached hydrogen (secondary N) is 1. The summed E-state index contributed by atoms with van der Waals surface area (Å²) in [6.45, 7) is 5.10. The van der Waals surface area contributed by atoms with Crippen LogP contribution in [-0.2, 0) is 0 Å². The molecule has 0 bridgehead atoms. The number of nitrogens with two attached hydrogens (primary N) is 1. The molecule has 0 unspecified atom stereocenters. The van der Waals surface area contributed by atoms with Crippen LogP contribution >= 0.6 is 11.6 Å². The van der Waals surface area contributed by atoms with Gasteiger partial charge in [0.1, 0.15) is 0 Å². The zero-order chi connectivity index (χ0) is 10.6. The Kier molecular flexibility index (Phi) is 3.88. The highest BCUT2D eigenvalue weighted by molar-refractivity contribution is 6.28. The number of hydrogen-bond donors (Lipinski definition) is 2. The summed E-state index contributed by atoms with van der Waals surface area (Å²) in [5.74, 6) is 1.21. The Morgan fingerprint density at radius 3 is 2.64 bits per heavy atom. The molecule has 1 aromatic rings. The van der Waals surface area contributed by atoms with Crippen molar-refractivity contribution in [2.45, 2.75) is 20.3 Å². The standard InChI is InChI=1S/C8H14ClN5/c1-5(2)3-4-11-8-13-6(9)12-7(10)14-8/h5H,3-4H2,1-2H3,(H3,10,11,12,13,14). The molecular formula is C8H14ClN5. The molecule has 0 spiro atoms. The van der Waals surface area contributed by atoms with Crippen LogP contribution in [0.25, 0.3) is 0 Å². The second kappa shape index (κ2) is 4.95. The Morgan fingerprint density at radius 2 is 2.07 bits per heavy atom. The average Bonchev–Trinajstić information content (AvgIpc) is 2.01. The van der Waals surface area contributed by atoms with Gasteiger partial charge in [-0.15, -0.1) is 0 Å². The van der Waals surface area contributed by atoms with Crippen molar-refractivity contribution < 1.29 is 0 Å². The SMILES string of the molecule is CC(C)CCNc1nc(N)nc(Cl)n1. The second-order valence-electron chi connectivity index (χ2n) is 3.40. The van der Waals surface area contributed by atoms with Gasteiger partial charge in [0.2, 0.25) is 17.2 Å². The molecule has 1 rings (SSSR count). The molecule has 6 heteroatoms. The normalized spacial score (nSPS) is 10.6. The molecular weight excluding hydrogens is 202 g/mol. The van der Waals surface area contributed by atoms with E-state index in [0.29, 0.717) is 11.9 Å². The van der Waals surface area contributed by atoms with E-state index in [1.54, 1.807) is 0 Å². The van der Waals surface area contributed by atoms with Gasteiger partial charge in [-0.3, -0.25) is 0 Å². The van der Waals surface area contributed by atoms with Crippen LogP contribution in [0.2, 0.25) is 5.28 Å².